The quantitative estimate of drug-likeness (QED) is 0.594. The van der Waals surface area contributed by atoms with Crippen LogP contribution in [0.25, 0.3) is 0 Å². The Bertz CT molecular complexity index is 164. The van der Waals surface area contributed by atoms with Gasteiger partial charge < -0.3 is 5.73 Å². The molecule has 0 radical (unpaired) electrons. The minimum atomic E-state index is 0.640. The zero-order chi connectivity index (χ0) is 7.98. The SMILES string of the molecule is C=C(N)/C(C)=C/C=C\CC. The van der Waals surface area contributed by atoms with Crippen LogP contribution in [0.15, 0.2) is 36.1 Å². The summed E-state index contributed by atoms with van der Waals surface area (Å²) in [5.74, 6) is 0. The number of hydrogen-bond donors (Lipinski definition) is 1. The molecule has 0 rings (SSSR count). The molecule has 0 aliphatic heterocycles. The van der Waals surface area contributed by atoms with Crippen molar-refractivity contribution in [2.75, 3.05) is 0 Å². The van der Waals surface area contributed by atoms with Crippen LogP contribution in [0.1, 0.15) is 20.3 Å². The van der Waals surface area contributed by atoms with Gasteiger partial charge in [-0.2, -0.15) is 0 Å². The fraction of sp³-hybridized carbons (Fsp3) is 0.333. The van der Waals surface area contributed by atoms with E-state index in [-0.39, 0.29) is 0 Å². The van der Waals surface area contributed by atoms with Crippen LogP contribution in [0.2, 0.25) is 0 Å². The Morgan fingerprint density at radius 3 is 2.60 bits per heavy atom. The van der Waals surface area contributed by atoms with Gasteiger partial charge in [0, 0.05) is 5.70 Å². The van der Waals surface area contributed by atoms with Gasteiger partial charge in [0.15, 0.2) is 0 Å². The standard InChI is InChI=1S/C9H15N/c1-4-5-6-7-8(2)9(3)10/h5-7H,3-4,10H2,1-2H3/b6-5-,8-7+. The van der Waals surface area contributed by atoms with Gasteiger partial charge in [0.1, 0.15) is 0 Å². The van der Waals surface area contributed by atoms with Crippen molar-refractivity contribution < 1.29 is 0 Å². The third-order valence-corrected chi connectivity index (χ3v) is 1.22. The van der Waals surface area contributed by atoms with Crippen LogP contribution in [0.3, 0.4) is 0 Å². The van der Waals surface area contributed by atoms with Crippen LogP contribution < -0.4 is 5.73 Å². The van der Waals surface area contributed by atoms with E-state index < -0.39 is 0 Å². The zero-order valence-corrected chi connectivity index (χ0v) is 6.72. The highest BCUT2D eigenvalue weighted by molar-refractivity contribution is 5.26. The third kappa shape index (κ3) is 3.96. The first-order chi connectivity index (χ1) is 4.68. The van der Waals surface area contributed by atoms with E-state index in [1.807, 2.05) is 19.1 Å². The summed E-state index contributed by atoms with van der Waals surface area (Å²) in [5, 5.41) is 0. The molecule has 0 unspecified atom stereocenters. The summed E-state index contributed by atoms with van der Waals surface area (Å²) in [6, 6.07) is 0. The van der Waals surface area contributed by atoms with Crippen molar-refractivity contribution in [3.63, 3.8) is 0 Å². The summed E-state index contributed by atoms with van der Waals surface area (Å²) in [7, 11) is 0. The Labute approximate surface area is 62.9 Å². The maximum absolute atomic E-state index is 5.42. The number of allylic oxidation sites excluding steroid dienone is 4. The highest BCUT2D eigenvalue weighted by Gasteiger charge is 1.84. The molecule has 1 heteroatoms. The predicted molar refractivity (Wildman–Crippen MR) is 46.5 cm³/mol. The first-order valence-corrected chi connectivity index (χ1v) is 3.46. The van der Waals surface area contributed by atoms with E-state index in [0.29, 0.717) is 5.70 Å². The lowest BCUT2D eigenvalue weighted by molar-refractivity contribution is 1.22. The summed E-state index contributed by atoms with van der Waals surface area (Å²) in [6.45, 7) is 7.65. The lowest BCUT2D eigenvalue weighted by Crippen LogP contribution is -1.94. The molecule has 0 amide bonds. The molecule has 0 atom stereocenters. The van der Waals surface area contributed by atoms with Crippen molar-refractivity contribution in [3.05, 3.63) is 36.1 Å². The van der Waals surface area contributed by atoms with Gasteiger partial charge in [-0.15, -0.1) is 0 Å². The second-order valence-electron chi connectivity index (χ2n) is 2.21. The van der Waals surface area contributed by atoms with Gasteiger partial charge in [-0.1, -0.05) is 31.7 Å². The van der Waals surface area contributed by atoms with Gasteiger partial charge in [0.05, 0.1) is 0 Å². The highest BCUT2D eigenvalue weighted by atomic mass is 14.6. The summed E-state index contributed by atoms with van der Waals surface area (Å²) in [6.07, 6.45) is 7.09. The smallest absolute Gasteiger partial charge is 0.0270 e. The van der Waals surface area contributed by atoms with Crippen molar-refractivity contribution in [2.24, 2.45) is 5.73 Å². The summed E-state index contributed by atoms with van der Waals surface area (Å²) < 4.78 is 0. The van der Waals surface area contributed by atoms with E-state index in [0.717, 1.165) is 12.0 Å². The van der Waals surface area contributed by atoms with Crippen molar-refractivity contribution >= 4 is 0 Å². The molecule has 0 saturated heterocycles. The molecular formula is C9H15N. The van der Waals surface area contributed by atoms with Crippen LogP contribution in [0.5, 0.6) is 0 Å². The minimum absolute atomic E-state index is 0.640. The summed E-state index contributed by atoms with van der Waals surface area (Å²) in [4.78, 5) is 0. The number of rotatable bonds is 3. The fourth-order valence-electron chi connectivity index (χ4n) is 0.455. The Morgan fingerprint density at radius 2 is 2.20 bits per heavy atom. The topological polar surface area (TPSA) is 26.0 Å². The van der Waals surface area contributed by atoms with Gasteiger partial charge in [-0.3, -0.25) is 0 Å². The monoisotopic (exact) mass is 137 g/mol. The first-order valence-electron chi connectivity index (χ1n) is 3.46. The molecule has 0 aromatic carbocycles. The fourth-order valence-corrected chi connectivity index (χ4v) is 0.455. The molecular weight excluding hydrogens is 122 g/mol. The van der Waals surface area contributed by atoms with Crippen LogP contribution >= 0.6 is 0 Å². The minimum Gasteiger partial charge on any atom is -0.399 e. The molecule has 2 N–H and O–H groups in total. The summed E-state index contributed by atoms with van der Waals surface area (Å²) >= 11 is 0. The normalized spacial score (nSPS) is 12.4. The third-order valence-electron chi connectivity index (χ3n) is 1.22. The zero-order valence-electron chi connectivity index (χ0n) is 6.72. The summed E-state index contributed by atoms with van der Waals surface area (Å²) in [5.41, 5.74) is 7.09. The second-order valence-corrected chi connectivity index (χ2v) is 2.21. The van der Waals surface area contributed by atoms with E-state index in [9.17, 15) is 0 Å². The average Bonchev–Trinajstić information content (AvgIpc) is 1.88. The van der Waals surface area contributed by atoms with E-state index in [2.05, 4.69) is 19.6 Å². The van der Waals surface area contributed by atoms with E-state index in [4.69, 9.17) is 5.73 Å². The molecule has 0 bridgehead atoms. The molecule has 0 fully saturated rings. The van der Waals surface area contributed by atoms with Gasteiger partial charge in [-0.05, 0) is 18.9 Å². The Hall–Kier alpha value is -0.980. The Morgan fingerprint density at radius 1 is 1.60 bits per heavy atom. The maximum atomic E-state index is 5.42. The molecule has 1 nitrogen and oxygen atoms in total. The highest BCUT2D eigenvalue weighted by Crippen LogP contribution is 1.99. The van der Waals surface area contributed by atoms with E-state index in [1.54, 1.807) is 0 Å². The molecule has 56 valence electrons. The molecule has 0 aliphatic rings. The number of hydrogen-bond acceptors (Lipinski definition) is 1. The Kier molecular flexibility index (Phi) is 4.38. The van der Waals surface area contributed by atoms with Crippen LogP contribution in [-0.4, -0.2) is 0 Å². The predicted octanol–water partition coefficient (Wildman–Crippen LogP) is 2.37. The number of nitrogens with two attached hydrogens (primary N) is 1. The Balaban J connectivity index is 3.92. The molecule has 0 aliphatic carbocycles. The molecule has 0 aromatic heterocycles. The van der Waals surface area contributed by atoms with E-state index in [1.165, 1.54) is 0 Å². The first kappa shape index (κ1) is 9.02. The average molecular weight is 137 g/mol. The molecule has 0 heterocycles. The van der Waals surface area contributed by atoms with Crippen LogP contribution in [0, 0.1) is 0 Å². The lowest BCUT2D eigenvalue weighted by atomic mass is 10.2. The van der Waals surface area contributed by atoms with Crippen LogP contribution in [0.4, 0.5) is 0 Å². The van der Waals surface area contributed by atoms with Crippen LogP contribution in [-0.2, 0) is 0 Å². The second kappa shape index (κ2) is 4.86. The van der Waals surface area contributed by atoms with Crippen molar-refractivity contribution in [2.45, 2.75) is 20.3 Å². The van der Waals surface area contributed by atoms with Crippen molar-refractivity contribution in [1.82, 2.24) is 0 Å². The van der Waals surface area contributed by atoms with Gasteiger partial charge in [-0.25, -0.2) is 0 Å². The lowest BCUT2D eigenvalue weighted by Gasteiger charge is -1.94. The molecule has 0 aromatic rings. The van der Waals surface area contributed by atoms with Gasteiger partial charge in [0.2, 0.25) is 0 Å². The van der Waals surface area contributed by atoms with Crippen molar-refractivity contribution in [1.29, 1.82) is 0 Å². The maximum Gasteiger partial charge on any atom is 0.0270 e. The van der Waals surface area contributed by atoms with E-state index >= 15 is 0 Å². The van der Waals surface area contributed by atoms with Crippen molar-refractivity contribution in [3.8, 4) is 0 Å². The van der Waals surface area contributed by atoms with Gasteiger partial charge in [0.25, 0.3) is 0 Å². The molecule has 10 heavy (non-hydrogen) atoms. The van der Waals surface area contributed by atoms with Gasteiger partial charge >= 0.3 is 0 Å². The molecule has 0 spiro atoms. The molecule has 0 saturated carbocycles. The largest absolute Gasteiger partial charge is 0.399 e.